The topological polar surface area (TPSA) is 46.5 Å². The van der Waals surface area contributed by atoms with Gasteiger partial charge in [0.2, 0.25) is 0 Å². The van der Waals surface area contributed by atoms with Gasteiger partial charge < -0.3 is 9.84 Å². The molecule has 3 heteroatoms. The molecule has 1 rings (SSSR count). The minimum atomic E-state index is -0.262. The third-order valence-corrected chi connectivity index (χ3v) is 3.14. The van der Waals surface area contributed by atoms with Crippen LogP contribution in [0.5, 0.6) is 0 Å². The molecule has 0 spiro atoms. The van der Waals surface area contributed by atoms with Crippen molar-refractivity contribution < 1.29 is 14.6 Å². The molecular weight excluding hydrogens is 204 g/mol. The first kappa shape index (κ1) is 13.5. The predicted octanol–water partition coefficient (Wildman–Crippen LogP) is 2.80. The van der Waals surface area contributed by atoms with Crippen LogP contribution in [-0.4, -0.2) is 23.3 Å². The number of aliphatic hydroxyl groups excluding tert-OH is 1. The molecule has 3 nitrogen and oxygen atoms in total. The SMILES string of the molecule is CCCCCCCC(=O)OC1CCC(O)C1. The van der Waals surface area contributed by atoms with Gasteiger partial charge in [0.05, 0.1) is 6.10 Å². The fourth-order valence-electron chi connectivity index (χ4n) is 2.14. The summed E-state index contributed by atoms with van der Waals surface area (Å²) in [5.41, 5.74) is 0. The molecular formula is C13H24O3. The lowest BCUT2D eigenvalue weighted by molar-refractivity contribution is -0.149. The Balaban J connectivity index is 1.98. The molecule has 2 atom stereocenters. The second-order valence-corrected chi connectivity index (χ2v) is 4.74. The average molecular weight is 228 g/mol. The predicted molar refractivity (Wildman–Crippen MR) is 63.1 cm³/mol. The number of carbonyl (C=O) groups is 1. The Kier molecular flexibility index (Phi) is 6.46. The zero-order valence-corrected chi connectivity index (χ0v) is 10.3. The fraction of sp³-hybridized carbons (Fsp3) is 0.923. The van der Waals surface area contributed by atoms with Crippen LogP contribution in [0.3, 0.4) is 0 Å². The van der Waals surface area contributed by atoms with Crippen LogP contribution in [0.25, 0.3) is 0 Å². The van der Waals surface area contributed by atoms with Gasteiger partial charge in [-0.2, -0.15) is 0 Å². The zero-order valence-electron chi connectivity index (χ0n) is 10.3. The summed E-state index contributed by atoms with van der Waals surface area (Å²) in [6.45, 7) is 2.18. The number of ether oxygens (including phenoxy) is 1. The first-order valence-corrected chi connectivity index (χ1v) is 6.60. The molecule has 1 fully saturated rings. The van der Waals surface area contributed by atoms with Crippen LogP contribution in [0.2, 0.25) is 0 Å². The molecule has 0 aromatic rings. The van der Waals surface area contributed by atoms with Crippen molar-refractivity contribution in [1.82, 2.24) is 0 Å². The van der Waals surface area contributed by atoms with Crippen LogP contribution in [0.15, 0.2) is 0 Å². The van der Waals surface area contributed by atoms with Crippen LogP contribution in [0.1, 0.15) is 64.7 Å². The van der Waals surface area contributed by atoms with Gasteiger partial charge in [-0.25, -0.2) is 0 Å². The Hall–Kier alpha value is -0.570. The normalized spacial score (nSPS) is 24.6. The molecule has 1 aliphatic rings. The van der Waals surface area contributed by atoms with Gasteiger partial charge in [0.15, 0.2) is 0 Å². The smallest absolute Gasteiger partial charge is 0.306 e. The summed E-state index contributed by atoms with van der Waals surface area (Å²) in [5, 5.41) is 9.29. The molecule has 0 aromatic carbocycles. The molecule has 0 aromatic heterocycles. The van der Waals surface area contributed by atoms with E-state index < -0.39 is 0 Å². The van der Waals surface area contributed by atoms with Crippen LogP contribution < -0.4 is 0 Å². The van der Waals surface area contributed by atoms with Gasteiger partial charge in [0.25, 0.3) is 0 Å². The summed E-state index contributed by atoms with van der Waals surface area (Å²) in [5.74, 6) is -0.0874. The maximum absolute atomic E-state index is 11.4. The van der Waals surface area contributed by atoms with Crippen molar-refractivity contribution in [1.29, 1.82) is 0 Å². The summed E-state index contributed by atoms with van der Waals surface area (Å²) in [7, 11) is 0. The van der Waals surface area contributed by atoms with Gasteiger partial charge in [-0.15, -0.1) is 0 Å². The van der Waals surface area contributed by atoms with Crippen molar-refractivity contribution in [2.75, 3.05) is 0 Å². The first-order valence-electron chi connectivity index (χ1n) is 6.60. The second kappa shape index (κ2) is 7.66. The van der Waals surface area contributed by atoms with Gasteiger partial charge in [0.1, 0.15) is 6.10 Å². The quantitative estimate of drug-likeness (QED) is 0.538. The highest BCUT2D eigenvalue weighted by Crippen LogP contribution is 2.22. The van der Waals surface area contributed by atoms with Crippen molar-refractivity contribution in [3.63, 3.8) is 0 Å². The third-order valence-electron chi connectivity index (χ3n) is 3.14. The van der Waals surface area contributed by atoms with E-state index in [0.29, 0.717) is 12.8 Å². The lowest BCUT2D eigenvalue weighted by Crippen LogP contribution is -2.15. The van der Waals surface area contributed by atoms with Crippen LogP contribution >= 0.6 is 0 Å². The summed E-state index contributed by atoms with van der Waals surface area (Å²) in [6.07, 6.45) is 8.22. The van der Waals surface area contributed by atoms with E-state index >= 15 is 0 Å². The van der Waals surface area contributed by atoms with E-state index in [9.17, 15) is 9.90 Å². The van der Waals surface area contributed by atoms with Crippen molar-refractivity contribution in [3.05, 3.63) is 0 Å². The summed E-state index contributed by atoms with van der Waals surface area (Å²) < 4.78 is 5.29. The maximum Gasteiger partial charge on any atom is 0.306 e. The third kappa shape index (κ3) is 5.50. The van der Waals surface area contributed by atoms with Crippen molar-refractivity contribution >= 4 is 5.97 Å². The number of hydrogen-bond acceptors (Lipinski definition) is 3. The number of rotatable bonds is 7. The molecule has 0 amide bonds. The lowest BCUT2D eigenvalue weighted by atomic mass is 10.1. The summed E-state index contributed by atoms with van der Waals surface area (Å²) >= 11 is 0. The zero-order chi connectivity index (χ0) is 11.8. The van der Waals surface area contributed by atoms with Crippen LogP contribution in [0.4, 0.5) is 0 Å². The number of unbranched alkanes of at least 4 members (excludes halogenated alkanes) is 4. The summed E-state index contributed by atoms with van der Waals surface area (Å²) in [4.78, 5) is 11.4. The Morgan fingerprint density at radius 1 is 1.25 bits per heavy atom. The van der Waals surface area contributed by atoms with Gasteiger partial charge in [-0.3, -0.25) is 4.79 Å². The molecule has 1 saturated carbocycles. The summed E-state index contributed by atoms with van der Waals surface area (Å²) in [6, 6.07) is 0. The minimum Gasteiger partial charge on any atom is -0.462 e. The van der Waals surface area contributed by atoms with E-state index in [0.717, 1.165) is 25.7 Å². The van der Waals surface area contributed by atoms with Gasteiger partial charge in [-0.1, -0.05) is 32.6 Å². The monoisotopic (exact) mass is 228 g/mol. The molecule has 0 heterocycles. The van der Waals surface area contributed by atoms with Crippen molar-refractivity contribution in [3.8, 4) is 0 Å². The first-order chi connectivity index (χ1) is 7.72. The van der Waals surface area contributed by atoms with Gasteiger partial charge in [0, 0.05) is 12.8 Å². The average Bonchev–Trinajstić information content (AvgIpc) is 2.63. The molecule has 0 aliphatic heterocycles. The molecule has 0 saturated heterocycles. The second-order valence-electron chi connectivity index (χ2n) is 4.74. The van der Waals surface area contributed by atoms with E-state index in [1.165, 1.54) is 19.3 Å². The standard InChI is InChI=1S/C13H24O3/c1-2-3-4-5-6-7-13(15)16-12-9-8-11(14)10-12/h11-12,14H,2-10H2,1H3. The Morgan fingerprint density at radius 3 is 2.62 bits per heavy atom. The van der Waals surface area contributed by atoms with Crippen molar-refractivity contribution in [2.24, 2.45) is 0 Å². The Bertz CT molecular complexity index is 203. The molecule has 16 heavy (non-hydrogen) atoms. The number of hydrogen-bond donors (Lipinski definition) is 1. The highest BCUT2D eigenvalue weighted by molar-refractivity contribution is 5.69. The van der Waals surface area contributed by atoms with E-state index in [1.807, 2.05) is 0 Å². The molecule has 2 unspecified atom stereocenters. The molecule has 0 radical (unpaired) electrons. The lowest BCUT2D eigenvalue weighted by Gasteiger charge is -2.11. The molecule has 1 aliphatic carbocycles. The minimum absolute atomic E-state index is 0.0295. The van der Waals surface area contributed by atoms with Gasteiger partial charge in [-0.05, 0) is 19.3 Å². The van der Waals surface area contributed by atoms with Crippen molar-refractivity contribution in [2.45, 2.75) is 76.9 Å². The molecule has 94 valence electrons. The highest BCUT2D eigenvalue weighted by atomic mass is 16.5. The van der Waals surface area contributed by atoms with E-state index in [4.69, 9.17) is 4.74 Å². The van der Waals surface area contributed by atoms with Gasteiger partial charge >= 0.3 is 5.97 Å². The van der Waals surface area contributed by atoms with E-state index in [-0.39, 0.29) is 18.2 Å². The molecule has 0 bridgehead atoms. The maximum atomic E-state index is 11.4. The molecule has 1 N–H and O–H groups in total. The van der Waals surface area contributed by atoms with Crippen LogP contribution in [0, 0.1) is 0 Å². The Labute approximate surface area is 98.2 Å². The highest BCUT2D eigenvalue weighted by Gasteiger charge is 2.25. The van der Waals surface area contributed by atoms with E-state index in [2.05, 4.69) is 6.92 Å². The Morgan fingerprint density at radius 2 is 2.00 bits per heavy atom. The number of carbonyl (C=O) groups excluding carboxylic acids is 1. The van der Waals surface area contributed by atoms with E-state index in [1.54, 1.807) is 0 Å². The van der Waals surface area contributed by atoms with Crippen LogP contribution in [-0.2, 0) is 9.53 Å². The number of esters is 1. The fourth-order valence-corrected chi connectivity index (χ4v) is 2.14. The largest absolute Gasteiger partial charge is 0.462 e. The number of aliphatic hydroxyl groups is 1.